The lowest BCUT2D eigenvalue weighted by Crippen LogP contribution is -1.94. The fourth-order valence-corrected chi connectivity index (χ4v) is 4.76. The second-order valence-electron chi connectivity index (χ2n) is 6.86. The van der Waals surface area contributed by atoms with Gasteiger partial charge < -0.3 is 13.9 Å². The normalized spacial score (nSPS) is 11.4. The van der Waals surface area contributed by atoms with E-state index in [9.17, 15) is 0 Å². The standard InChI is InChI=1S/C22H21BrClN3O/c1-5-27-11-18(24)16-9-14(6-7-19(16)27)21-20(25-12-26(21)3)15-8-13(2)22(28-4)17(23)10-15/h6-12H,5H2,1-4H3. The molecule has 0 fully saturated rings. The number of hydrogen-bond acceptors (Lipinski definition) is 2. The predicted octanol–water partition coefficient (Wildman–Crippen LogP) is 6.46. The van der Waals surface area contributed by atoms with Crippen LogP contribution in [0.4, 0.5) is 0 Å². The highest BCUT2D eigenvalue weighted by Gasteiger charge is 2.17. The highest BCUT2D eigenvalue weighted by molar-refractivity contribution is 9.10. The van der Waals surface area contributed by atoms with Crippen LogP contribution in [0.1, 0.15) is 12.5 Å². The fraction of sp³-hybridized carbons (Fsp3) is 0.227. The van der Waals surface area contributed by atoms with Crippen molar-refractivity contribution in [3.63, 3.8) is 0 Å². The molecule has 4 aromatic rings. The van der Waals surface area contributed by atoms with Gasteiger partial charge in [-0.3, -0.25) is 0 Å². The molecule has 4 nitrogen and oxygen atoms in total. The third kappa shape index (κ3) is 3.03. The zero-order chi connectivity index (χ0) is 20.0. The number of aromatic nitrogens is 3. The van der Waals surface area contributed by atoms with E-state index in [4.69, 9.17) is 16.3 Å². The topological polar surface area (TPSA) is 32.0 Å². The Morgan fingerprint density at radius 1 is 1.18 bits per heavy atom. The molecule has 6 heteroatoms. The average molecular weight is 459 g/mol. The van der Waals surface area contributed by atoms with Gasteiger partial charge in [-0.1, -0.05) is 17.7 Å². The zero-order valence-electron chi connectivity index (χ0n) is 16.3. The first-order valence-electron chi connectivity index (χ1n) is 9.09. The molecule has 2 aromatic carbocycles. The lowest BCUT2D eigenvalue weighted by Gasteiger charge is -2.12. The van der Waals surface area contributed by atoms with Crippen LogP contribution in [0.15, 0.2) is 47.3 Å². The van der Waals surface area contributed by atoms with Gasteiger partial charge in [0.2, 0.25) is 0 Å². The van der Waals surface area contributed by atoms with Crippen LogP contribution < -0.4 is 4.74 Å². The minimum atomic E-state index is 0.769. The summed E-state index contributed by atoms with van der Waals surface area (Å²) in [5.74, 6) is 0.843. The molecule has 0 amide bonds. The smallest absolute Gasteiger partial charge is 0.135 e. The van der Waals surface area contributed by atoms with Gasteiger partial charge in [-0.25, -0.2) is 4.98 Å². The molecule has 0 aliphatic carbocycles. The second kappa shape index (κ2) is 7.30. The Morgan fingerprint density at radius 2 is 1.96 bits per heavy atom. The number of fused-ring (bicyclic) bond motifs is 1. The van der Waals surface area contributed by atoms with Gasteiger partial charge in [0, 0.05) is 41.8 Å². The van der Waals surface area contributed by atoms with Crippen LogP contribution in [0.5, 0.6) is 5.75 Å². The molecule has 0 unspecified atom stereocenters. The molecule has 144 valence electrons. The Kier molecular flexibility index (Phi) is 4.98. The SMILES string of the molecule is CCn1cc(Cl)c2cc(-c3c(-c4cc(C)c(OC)c(Br)c4)ncn3C)ccc21. The van der Waals surface area contributed by atoms with Crippen LogP contribution in [-0.2, 0) is 13.6 Å². The molecule has 2 aromatic heterocycles. The third-order valence-electron chi connectivity index (χ3n) is 5.09. The molecule has 2 heterocycles. The predicted molar refractivity (Wildman–Crippen MR) is 119 cm³/mol. The van der Waals surface area contributed by atoms with Crippen molar-refractivity contribution in [3.05, 3.63) is 57.9 Å². The van der Waals surface area contributed by atoms with Crippen LogP contribution in [-0.4, -0.2) is 21.2 Å². The number of nitrogens with zero attached hydrogens (tertiary/aromatic N) is 3. The summed E-state index contributed by atoms with van der Waals surface area (Å²) in [6.07, 6.45) is 3.84. The van der Waals surface area contributed by atoms with Gasteiger partial charge in [0.25, 0.3) is 0 Å². The van der Waals surface area contributed by atoms with Crippen molar-refractivity contribution < 1.29 is 4.74 Å². The first-order chi connectivity index (χ1) is 13.4. The van der Waals surface area contributed by atoms with E-state index in [0.29, 0.717) is 0 Å². The maximum Gasteiger partial charge on any atom is 0.135 e. The molecular weight excluding hydrogens is 438 g/mol. The third-order valence-corrected chi connectivity index (χ3v) is 5.98. The molecule has 0 aliphatic heterocycles. The fourth-order valence-electron chi connectivity index (χ4n) is 3.77. The molecule has 0 aliphatic rings. The number of rotatable bonds is 4. The van der Waals surface area contributed by atoms with Gasteiger partial charge >= 0.3 is 0 Å². The van der Waals surface area contributed by atoms with E-state index in [-0.39, 0.29) is 0 Å². The summed E-state index contributed by atoms with van der Waals surface area (Å²) in [5.41, 5.74) is 6.31. The van der Waals surface area contributed by atoms with E-state index in [0.717, 1.165) is 60.8 Å². The molecule has 0 radical (unpaired) electrons. The van der Waals surface area contributed by atoms with Crippen molar-refractivity contribution in [2.45, 2.75) is 20.4 Å². The number of benzene rings is 2. The number of aryl methyl sites for hydroxylation is 3. The molecule has 0 bridgehead atoms. The van der Waals surface area contributed by atoms with Gasteiger partial charge in [-0.2, -0.15) is 0 Å². The van der Waals surface area contributed by atoms with Gasteiger partial charge in [-0.05, 0) is 59.6 Å². The van der Waals surface area contributed by atoms with E-state index in [1.807, 2.05) is 26.5 Å². The van der Waals surface area contributed by atoms with Crippen LogP contribution in [0.25, 0.3) is 33.4 Å². The van der Waals surface area contributed by atoms with E-state index in [1.54, 1.807) is 7.11 Å². The number of methoxy groups -OCH3 is 1. The summed E-state index contributed by atoms with van der Waals surface area (Å²) in [4.78, 5) is 4.69. The Balaban J connectivity index is 1.90. The monoisotopic (exact) mass is 457 g/mol. The average Bonchev–Trinajstić information content (AvgIpc) is 3.21. The van der Waals surface area contributed by atoms with Crippen molar-refractivity contribution in [1.29, 1.82) is 0 Å². The second-order valence-corrected chi connectivity index (χ2v) is 8.12. The first-order valence-corrected chi connectivity index (χ1v) is 10.3. The van der Waals surface area contributed by atoms with Crippen molar-refractivity contribution >= 4 is 38.4 Å². The molecule has 0 N–H and O–H groups in total. The molecule has 28 heavy (non-hydrogen) atoms. The summed E-state index contributed by atoms with van der Waals surface area (Å²) >= 11 is 10.1. The summed E-state index contributed by atoms with van der Waals surface area (Å²) in [6, 6.07) is 10.6. The Bertz CT molecular complexity index is 1170. The molecular formula is C22H21BrClN3O. The molecule has 0 saturated carbocycles. The number of halogens is 2. The Morgan fingerprint density at radius 3 is 2.64 bits per heavy atom. The highest BCUT2D eigenvalue weighted by atomic mass is 79.9. The summed E-state index contributed by atoms with van der Waals surface area (Å²) < 4.78 is 10.6. The highest BCUT2D eigenvalue weighted by Crippen LogP contribution is 2.38. The lowest BCUT2D eigenvalue weighted by molar-refractivity contribution is 0.409. The molecule has 0 atom stereocenters. The number of ether oxygens (including phenoxy) is 1. The molecule has 0 spiro atoms. The lowest BCUT2D eigenvalue weighted by atomic mass is 10.0. The van der Waals surface area contributed by atoms with Gasteiger partial charge in [0.05, 0.1) is 34.3 Å². The van der Waals surface area contributed by atoms with Crippen LogP contribution >= 0.6 is 27.5 Å². The first kappa shape index (κ1) is 19.1. The minimum absolute atomic E-state index is 0.769. The van der Waals surface area contributed by atoms with E-state index in [2.05, 4.69) is 67.3 Å². The van der Waals surface area contributed by atoms with E-state index < -0.39 is 0 Å². The summed E-state index contributed by atoms with van der Waals surface area (Å²) in [7, 11) is 3.70. The molecule has 0 saturated heterocycles. The summed E-state index contributed by atoms with van der Waals surface area (Å²) in [5, 5.41) is 1.82. The maximum absolute atomic E-state index is 6.50. The quantitative estimate of drug-likeness (QED) is 0.351. The Labute approximate surface area is 177 Å². The van der Waals surface area contributed by atoms with Crippen molar-refractivity contribution in [1.82, 2.24) is 14.1 Å². The van der Waals surface area contributed by atoms with Crippen LogP contribution in [0.3, 0.4) is 0 Å². The van der Waals surface area contributed by atoms with Gasteiger partial charge in [0.1, 0.15) is 5.75 Å². The van der Waals surface area contributed by atoms with Crippen molar-refractivity contribution in [2.75, 3.05) is 7.11 Å². The number of hydrogen-bond donors (Lipinski definition) is 0. The zero-order valence-corrected chi connectivity index (χ0v) is 18.6. The largest absolute Gasteiger partial charge is 0.495 e. The van der Waals surface area contributed by atoms with E-state index >= 15 is 0 Å². The van der Waals surface area contributed by atoms with Gasteiger partial charge in [0.15, 0.2) is 0 Å². The van der Waals surface area contributed by atoms with Crippen LogP contribution in [0, 0.1) is 6.92 Å². The van der Waals surface area contributed by atoms with Gasteiger partial charge in [-0.15, -0.1) is 0 Å². The maximum atomic E-state index is 6.50. The van der Waals surface area contributed by atoms with Crippen molar-refractivity contribution in [3.8, 4) is 28.3 Å². The summed E-state index contributed by atoms with van der Waals surface area (Å²) in [6.45, 7) is 5.04. The van der Waals surface area contributed by atoms with Crippen molar-refractivity contribution in [2.24, 2.45) is 7.05 Å². The Hall–Kier alpha value is -2.24. The van der Waals surface area contributed by atoms with Crippen LogP contribution in [0.2, 0.25) is 5.02 Å². The van der Waals surface area contributed by atoms with E-state index in [1.165, 1.54) is 0 Å². The minimum Gasteiger partial charge on any atom is -0.495 e. The molecule has 4 rings (SSSR count). The number of imidazole rings is 1.